The molecule has 0 radical (unpaired) electrons. The van der Waals surface area contributed by atoms with E-state index in [1.165, 1.54) is 0 Å². The van der Waals surface area contributed by atoms with Gasteiger partial charge < -0.3 is 11.1 Å². The van der Waals surface area contributed by atoms with Crippen molar-refractivity contribution in [2.45, 2.75) is 33.1 Å². The lowest BCUT2D eigenvalue weighted by atomic mass is 10.1. The minimum Gasteiger partial charge on any atom is -0.369 e. The molecule has 98 valence electrons. The minimum atomic E-state index is -0.358. The number of hydrogen-bond donors (Lipinski definition) is 2. The SMILES string of the molecule is CCCC(C)C(=O)Nc1ccc(CC(N)=O)cc1. The Bertz CT molecular complexity index is 412. The van der Waals surface area contributed by atoms with Crippen LogP contribution in [0.4, 0.5) is 5.69 Å². The highest BCUT2D eigenvalue weighted by molar-refractivity contribution is 5.92. The van der Waals surface area contributed by atoms with E-state index in [1.807, 2.05) is 6.92 Å². The number of hydrogen-bond acceptors (Lipinski definition) is 2. The van der Waals surface area contributed by atoms with Crippen LogP contribution in [0.1, 0.15) is 32.3 Å². The zero-order chi connectivity index (χ0) is 13.5. The van der Waals surface area contributed by atoms with Crippen molar-refractivity contribution in [1.82, 2.24) is 0 Å². The fraction of sp³-hybridized carbons (Fsp3) is 0.429. The van der Waals surface area contributed by atoms with Gasteiger partial charge in [-0.25, -0.2) is 0 Å². The van der Waals surface area contributed by atoms with Gasteiger partial charge in [-0.15, -0.1) is 0 Å². The van der Waals surface area contributed by atoms with Crippen molar-refractivity contribution in [2.75, 3.05) is 5.32 Å². The molecule has 0 saturated carbocycles. The largest absolute Gasteiger partial charge is 0.369 e. The van der Waals surface area contributed by atoms with E-state index in [9.17, 15) is 9.59 Å². The van der Waals surface area contributed by atoms with Crippen LogP contribution in [0.2, 0.25) is 0 Å². The molecule has 2 amide bonds. The maximum Gasteiger partial charge on any atom is 0.227 e. The van der Waals surface area contributed by atoms with Gasteiger partial charge >= 0.3 is 0 Å². The summed E-state index contributed by atoms with van der Waals surface area (Å²) in [5.74, 6) is -0.317. The summed E-state index contributed by atoms with van der Waals surface area (Å²) in [6, 6.07) is 7.17. The number of carbonyl (C=O) groups excluding carboxylic acids is 2. The molecule has 4 nitrogen and oxygen atoms in total. The van der Waals surface area contributed by atoms with E-state index < -0.39 is 0 Å². The van der Waals surface area contributed by atoms with Crippen LogP contribution in [0.15, 0.2) is 24.3 Å². The number of nitrogens with two attached hydrogens (primary N) is 1. The molecule has 3 N–H and O–H groups in total. The molecule has 18 heavy (non-hydrogen) atoms. The van der Waals surface area contributed by atoms with Crippen molar-refractivity contribution in [3.05, 3.63) is 29.8 Å². The Morgan fingerprint density at radius 3 is 2.39 bits per heavy atom. The predicted octanol–water partition coefficient (Wildman–Crippen LogP) is 2.09. The number of benzene rings is 1. The van der Waals surface area contributed by atoms with Crippen LogP contribution >= 0.6 is 0 Å². The van der Waals surface area contributed by atoms with E-state index in [2.05, 4.69) is 12.2 Å². The summed E-state index contributed by atoms with van der Waals surface area (Å²) in [5.41, 5.74) is 6.70. The maximum atomic E-state index is 11.8. The first kappa shape index (κ1) is 14.2. The first-order valence-electron chi connectivity index (χ1n) is 6.21. The summed E-state index contributed by atoms with van der Waals surface area (Å²) in [5, 5.41) is 2.85. The van der Waals surface area contributed by atoms with Crippen LogP contribution in [0, 0.1) is 5.92 Å². The number of rotatable bonds is 6. The lowest BCUT2D eigenvalue weighted by Crippen LogP contribution is -2.20. The lowest BCUT2D eigenvalue weighted by molar-refractivity contribution is -0.119. The highest BCUT2D eigenvalue weighted by Gasteiger charge is 2.11. The average molecular weight is 248 g/mol. The Hall–Kier alpha value is -1.84. The van der Waals surface area contributed by atoms with Crippen molar-refractivity contribution in [2.24, 2.45) is 11.7 Å². The fourth-order valence-electron chi connectivity index (χ4n) is 1.74. The Labute approximate surface area is 108 Å². The number of amides is 2. The van der Waals surface area contributed by atoms with Crippen LogP contribution < -0.4 is 11.1 Å². The molecular weight excluding hydrogens is 228 g/mol. The molecule has 0 spiro atoms. The van der Waals surface area contributed by atoms with Crippen molar-refractivity contribution in [3.63, 3.8) is 0 Å². The third-order valence-corrected chi connectivity index (χ3v) is 2.77. The van der Waals surface area contributed by atoms with Gasteiger partial charge in [-0.2, -0.15) is 0 Å². The Morgan fingerprint density at radius 2 is 1.89 bits per heavy atom. The van der Waals surface area contributed by atoms with Gasteiger partial charge in [-0.05, 0) is 24.1 Å². The molecule has 1 atom stereocenters. The van der Waals surface area contributed by atoms with E-state index in [4.69, 9.17) is 5.73 Å². The van der Waals surface area contributed by atoms with Gasteiger partial charge in [0.25, 0.3) is 0 Å². The zero-order valence-electron chi connectivity index (χ0n) is 10.9. The highest BCUT2D eigenvalue weighted by atomic mass is 16.2. The van der Waals surface area contributed by atoms with Crippen molar-refractivity contribution < 1.29 is 9.59 Å². The topological polar surface area (TPSA) is 72.2 Å². The van der Waals surface area contributed by atoms with E-state index in [0.29, 0.717) is 0 Å². The normalized spacial score (nSPS) is 11.9. The van der Waals surface area contributed by atoms with Gasteiger partial charge in [0.15, 0.2) is 0 Å². The molecular formula is C14H20N2O2. The van der Waals surface area contributed by atoms with Crippen LogP contribution in [0.3, 0.4) is 0 Å². The zero-order valence-corrected chi connectivity index (χ0v) is 10.9. The van der Waals surface area contributed by atoms with Gasteiger partial charge in [0.05, 0.1) is 6.42 Å². The predicted molar refractivity (Wildman–Crippen MR) is 72.0 cm³/mol. The molecule has 1 unspecified atom stereocenters. The third-order valence-electron chi connectivity index (χ3n) is 2.77. The molecule has 1 aromatic carbocycles. The lowest BCUT2D eigenvalue weighted by Gasteiger charge is -2.11. The summed E-state index contributed by atoms with van der Waals surface area (Å²) in [4.78, 5) is 22.5. The highest BCUT2D eigenvalue weighted by Crippen LogP contribution is 2.13. The molecule has 0 aliphatic heterocycles. The van der Waals surface area contributed by atoms with Crippen LogP contribution in [0.25, 0.3) is 0 Å². The summed E-state index contributed by atoms with van der Waals surface area (Å²) in [6.45, 7) is 3.97. The molecule has 0 fully saturated rings. The maximum absolute atomic E-state index is 11.8. The van der Waals surface area contributed by atoms with Crippen molar-refractivity contribution in [3.8, 4) is 0 Å². The summed E-state index contributed by atoms with van der Waals surface area (Å²) in [6.07, 6.45) is 2.10. The Kier molecular flexibility index (Phi) is 5.36. The average Bonchev–Trinajstić information content (AvgIpc) is 2.31. The second kappa shape index (κ2) is 6.79. The third kappa shape index (κ3) is 4.57. The number of nitrogens with one attached hydrogen (secondary N) is 1. The molecule has 0 heterocycles. The molecule has 1 rings (SSSR count). The van der Waals surface area contributed by atoms with E-state index in [-0.39, 0.29) is 24.2 Å². The Morgan fingerprint density at radius 1 is 1.28 bits per heavy atom. The summed E-state index contributed by atoms with van der Waals surface area (Å²) >= 11 is 0. The quantitative estimate of drug-likeness (QED) is 0.809. The van der Waals surface area contributed by atoms with Crippen LogP contribution in [-0.2, 0) is 16.0 Å². The van der Waals surface area contributed by atoms with E-state index in [0.717, 1.165) is 24.1 Å². The van der Waals surface area contributed by atoms with E-state index in [1.54, 1.807) is 24.3 Å². The molecule has 0 aromatic heterocycles. The van der Waals surface area contributed by atoms with Crippen molar-refractivity contribution in [1.29, 1.82) is 0 Å². The number of carbonyl (C=O) groups is 2. The van der Waals surface area contributed by atoms with Gasteiger partial charge in [-0.3, -0.25) is 9.59 Å². The van der Waals surface area contributed by atoms with Crippen LogP contribution in [0.5, 0.6) is 0 Å². The smallest absolute Gasteiger partial charge is 0.227 e. The van der Waals surface area contributed by atoms with Gasteiger partial charge in [-0.1, -0.05) is 32.4 Å². The molecule has 0 saturated heterocycles. The van der Waals surface area contributed by atoms with Crippen LogP contribution in [-0.4, -0.2) is 11.8 Å². The second-order valence-electron chi connectivity index (χ2n) is 4.52. The summed E-state index contributed by atoms with van der Waals surface area (Å²) < 4.78 is 0. The van der Waals surface area contributed by atoms with Gasteiger partial charge in [0, 0.05) is 11.6 Å². The number of primary amides is 1. The second-order valence-corrected chi connectivity index (χ2v) is 4.52. The first-order valence-corrected chi connectivity index (χ1v) is 6.21. The summed E-state index contributed by atoms with van der Waals surface area (Å²) in [7, 11) is 0. The fourth-order valence-corrected chi connectivity index (χ4v) is 1.74. The van der Waals surface area contributed by atoms with Gasteiger partial charge in [0.1, 0.15) is 0 Å². The molecule has 4 heteroatoms. The van der Waals surface area contributed by atoms with E-state index >= 15 is 0 Å². The standard InChI is InChI=1S/C14H20N2O2/c1-3-4-10(2)14(18)16-12-7-5-11(6-8-12)9-13(15)17/h5-8,10H,3-4,9H2,1-2H3,(H2,15,17)(H,16,18). The minimum absolute atomic E-state index is 0.0142. The monoisotopic (exact) mass is 248 g/mol. The molecule has 0 aliphatic rings. The Balaban J connectivity index is 2.58. The number of anilines is 1. The first-order chi connectivity index (χ1) is 8.52. The molecule has 0 aliphatic carbocycles. The molecule has 0 bridgehead atoms. The van der Waals surface area contributed by atoms with Gasteiger partial charge in [0.2, 0.25) is 11.8 Å². The molecule has 1 aromatic rings. The van der Waals surface area contributed by atoms with Crippen molar-refractivity contribution >= 4 is 17.5 Å².